The molecular formula is C32H34N2O6. The molecule has 2 heterocycles. The van der Waals surface area contributed by atoms with Crippen molar-refractivity contribution in [1.82, 2.24) is 4.90 Å². The number of fused-ring (bicyclic) bond motifs is 4. The SMILES string of the molecule is COc1cc(C2C3=CCC4C(=O)N(C(C)(C)C)C(=O)C4C3CC3C(=O)N(c4ccccc4)C(=O)C32C)ccc1O. The van der Waals surface area contributed by atoms with Gasteiger partial charge in [0.25, 0.3) is 0 Å². The number of phenolic OH excluding ortho intramolecular Hbond substituents is 1. The van der Waals surface area contributed by atoms with Gasteiger partial charge in [-0.3, -0.25) is 24.1 Å². The van der Waals surface area contributed by atoms with Crippen LogP contribution in [-0.4, -0.2) is 46.3 Å². The highest BCUT2D eigenvalue weighted by atomic mass is 16.5. The molecule has 2 aliphatic heterocycles. The van der Waals surface area contributed by atoms with Gasteiger partial charge in [0.2, 0.25) is 23.6 Å². The predicted molar refractivity (Wildman–Crippen MR) is 147 cm³/mol. The van der Waals surface area contributed by atoms with Gasteiger partial charge in [0.1, 0.15) is 0 Å². The van der Waals surface area contributed by atoms with Crippen LogP contribution in [0.3, 0.4) is 0 Å². The fourth-order valence-electron chi connectivity index (χ4n) is 7.75. The summed E-state index contributed by atoms with van der Waals surface area (Å²) in [6.07, 6.45) is 2.72. The quantitative estimate of drug-likeness (QED) is 0.455. The second-order valence-corrected chi connectivity index (χ2v) is 12.6. The van der Waals surface area contributed by atoms with Gasteiger partial charge in [0.15, 0.2) is 11.5 Å². The Bertz CT molecular complexity index is 1470. The van der Waals surface area contributed by atoms with Gasteiger partial charge >= 0.3 is 0 Å². The van der Waals surface area contributed by atoms with Crippen LogP contribution in [0.25, 0.3) is 0 Å². The monoisotopic (exact) mass is 542 g/mol. The second kappa shape index (κ2) is 8.78. The van der Waals surface area contributed by atoms with Crippen LogP contribution in [0.15, 0.2) is 60.2 Å². The number of para-hydroxylation sites is 1. The fourth-order valence-corrected chi connectivity index (χ4v) is 7.75. The average Bonchev–Trinajstić information content (AvgIpc) is 3.29. The number of imide groups is 2. The van der Waals surface area contributed by atoms with Gasteiger partial charge in [-0.2, -0.15) is 0 Å². The number of allylic oxidation sites excluding steroid dienone is 2. The highest BCUT2D eigenvalue weighted by Gasteiger charge is 2.68. The minimum atomic E-state index is -1.14. The van der Waals surface area contributed by atoms with Crippen molar-refractivity contribution in [2.24, 2.45) is 29.1 Å². The van der Waals surface area contributed by atoms with E-state index in [-0.39, 0.29) is 41.0 Å². The van der Waals surface area contributed by atoms with E-state index in [9.17, 15) is 24.3 Å². The largest absolute Gasteiger partial charge is 0.504 e. The third-order valence-corrected chi connectivity index (χ3v) is 9.50. The molecule has 1 saturated carbocycles. The number of ether oxygens (including phenoxy) is 1. The van der Waals surface area contributed by atoms with E-state index in [1.54, 1.807) is 36.4 Å². The number of hydrogen-bond acceptors (Lipinski definition) is 6. The van der Waals surface area contributed by atoms with Gasteiger partial charge in [-0.15, -0.1) is 0 Å². The molecule has 8 heteroatoms. The molecule has 0 radical (unpaired) electrons. The summed E-state index contributed by atoms with van der Waals surface area (Å²) in [5, 5.41) is 10.3. The van der Waals surface area contributed by atoms with Gasteiger partial charge in [-0.05, 0) is 76.3 Å². The summed E-state index contributed by atoms with van der Waals surface area (Å²) in [5.74, 6) is -3.44. The Hall–Kier alpha value is -3.94. The summed E-state index contributed by atoms with van der Waals surface area (Å²) in [7, 11) is 1.46. The predicted octanol–water partition coefficient (Wildman–Crippen LogP) is 4.43. The van der Waals surface area contributed by atoms with E-state index in [1.165, 1.54) is 23.0 Å². The zero-order valence-corrected chi connectivity index (χ0v) is 23.4. The molecule has 0 aromatic heterocycles. The summed E-state index contributed by atoms with van der Waals surface area (Å²) in [4.78, 5) is 58.5. The lowest BCUT2D eigenvalue weighted by atomic mass is 9.51. The molecule has 4 aliphatic rings. The van der Waals surface area contributed by atoms with Crippen LogP contribution in [0, 0.1) is 29.1 Å². The zero-order valence-electron chi connectivity index (χ0n) is 23.4. The van der Waals surface area contributed by atoms with Crippen molar-refractivity contribution in [3.05, 3.63) is 65.7 Å². The van der Waals surface area contributed by atoms with Gasteiger partial charge in [-0.1, -0.05) is 35.9 Å². The molecule has 3 fully saturated rings. The molecular weight excluding hydrogens is 508 g/mol. The Kier molecular flexibility index (Phi) is 5.77. The molecule has 0 spiro atoms. The lowest BCUT2D eigenvalue weighted by Gasteiger charge is -2.49. The first kappa shape index (κ1) is 26.3. The number of benzene rings is 2. The van der Waals surface area contributed by atoms with Crippen molar-refractivity contribution < 1.29 is 29.0 Å². The molecule has 0 bridgehead atoms. The van der Waals surface area contributed by atoms with E-state index in [2.05, 4.69) is 0 Å². The van der Waals surface area contributed by atoms with E-state index >= 15 is 0 Å². The van der Waals surface area contributed by atoms with E-state index < -0.39 is 34.6 Å². The smallest absolute Gasteiger partial charge is 0.241 e. The van der Waals surface area contributed by atoms with Crippen molar-refractivity contribution in [1.29, 1.82) is 0 Å². The van der Waals surface area contributed by atoms with E-state index in [1.807, 2.05) is 39.8 Å². The lowest BCUT2D eigenvalue weighted by molar-refractivity contribution is -0.145. The van der Waals surface area contributed by atoms with Crippen molar-refractivity contribution >= 4 is 29.3 Å². The number of methoxy groups -OCH3 is 1. The topological polar surface area (TPSA) is 104 Å². The maximum absolute atomic E-state index is 14.3. The fraction of sp³-hybridized carbons (Fsp3) is 0.438. The maximum Gasteiger partial charge on any atom is 0.241 e. The molecule has 6 unspecified atom stereocenters. The van der Waals surface area contributed by atoms with Crippen LogP contribution < -0.4 is 9.64 Å². The summed E-state index contributed by atoms with van der Waals surface area (Å²) >= 11 is 0. The highest BCUT2D eigenvalue weighted by molar-refractivity contribution is 6.24. The summed E-state index contributed by atoms with van der Waals surface area (Å²) in [6, 6.07) is 13.9. The molecule has 6 atom stereocenters. The highest BCUT2D eigenvalue weighted by Crippen LogP contribution is 2.64. The Balaban J connectivity index is 1.53. The number of carbonyl (C=O) groups is 4. The summed E-state index contributed by atoms with van der Waals surface area (Å²) < 4.78 is 5.41. The first-order valence-corrected chi connectivity index (χ1v) is 13.8. The Morgan fingerprint density at radius 3 is 2.30 bits per heavy atom. The minimum absolute atomic E-state index is 0.0323. The number of carbonyl (C=O) groups excluding carboxylic acids is 4. The molecule has 40 heavy (non-hydrogen) atoms. The van der Waals surface area contributed by atoms with Crippen LogP contribution in [0.5, 0.6) is 11.5 Å². The third-order valence-electron chi connectivity index (χ3n) is 9.50. The normalized spacial score (nSPS) is 31.6. The third kappa shape index (κ3) is 3.44. The van der Waals surface area contributed by atoms with E-state index in [4.69, 9.17) is 4.74 Å². The number of likely N-dealkylation sites (tertiary alicyclic amines) is 1. The van der Waals surface area contributed by atoms with Gasteiger partial charge in [-0.25, -0.2) is 4.90 Å². The first-order valence-electron chi connectivity index (χ1n) is 13.8. The Morgan fingerprint density at radius 2 is 1.65 bits per heavy atom. The molecule has 2 aliphatic carbocycles. The van der Waals surface area contributed by atoms with Crippen LogP contribution in [0.2, 0.25) is 0 Å². The molecule has 8 nitrogen and oxygen atoms in total. The van der Waals surface area contributed by atoms with Crippen LogP contribution >= 0.6 is 0 Å². The lowest BCUT2D eigenvalue weighted by Crippen LogP contribution is -2.49. The van der Waals surface area contributed by atoms with Crippen molar-refractivity contribution in [2.45, 2.75) is 52.0 Å². The zero-order chi connectivity index (χ0) is 28.7. The standard InChI is InChI=1S/C32H34N2O6/c1-31(2,3)34-27(36)20-13-12-19-21(25(20)29(34)38)16-22-28(37)33(18-9-7-6-8-10-18)30(39)32(22,4)26(19)17-11-14-23(35)24(15-17)40-5/h6-12,14-15,20-22,25-26,35H,13,16H2,1-5H3. The van der Waals surface area contributed by atoms with Crippen molar-refractivity contribution in [3.63, 3.8) is 0 Å². The first-order chi connectivity index (χ1) is 18.9. The number of phenols is 1. The maximum atomic E-state index is 14.3. The Morgan fingerprint density at radius 1 is 0.950 bits per heavy atom. The number of anilines is 1. The Labute approximate surface area is 233 Å². The summed E-state index contributed by atoms with van der Waals surface area (Å²) in [6.45, 7) is 7.41. The van der Waals surface area contributed by atoms with E-state index in [0.717, 1.165) is 11.1 Å². The second-order valence-electron chi connectivity index (χ2n) is 12.6. The van der Waals surface area contributed by atoms with Gasteiger partial charge < -0.3 is 9.84 Å². The molecule has 4 amide bonds. The molecule has 2 aromatic carbocycles. The average molecular weight is 543 g/mol. The number of hydrogen-bond donors (Lipinski definition) is 1. The number of nitrogens with zero attached hydrogens (tertiary/aromatic N) is 2. The van der Waals surface area contributed by atoms with Crippen LogP contribution in [-0.2, 0) is 19.2 Å². The molecule has 1 N–H and O–H groups in total. The number of amides is 4. The number of rotatable bonds is 3. The molecule has 208 valence electrons. The van der Waals surface area contributed by atoms with Gasteiger partial charge in [0, 0.05) is 11.5 Å². The minimum Gasteiger partial charge on any atom is -0.504 e. The van der Waals surface area contributed by atoms with E-state index in [0.29, 0.717) is 18.5 Å². The molecule has 2 aromatic rings. The molecule has 2 saturated heterocycles. The van der Waals surface area contributed by atoms with Crippen molar-refractivity contribution in [3.8, 4) is 11.5 Å². The van der Waals surface area contributed by atoms with Crippen LogP contribution in [0.4, 0.5) is 5.69 Å². The molecule has 6 rings (SSSR count). The summed E-state index contributed by atoms with van der Waals surface area (Å²) in [5.41, 5.74) is 0.329. The number of aromatic hydroxyl groups is 1. The van der Waals surface area contributed by atoms with Crippen molar-refractivity contribution in [2.75, 3.05) is 12.0 Å². The van der Waals surface area contributed by atoms with Crippen LogP contribution in [0.1, 0.15) is 52.0 Å². The van der Waals surface area contributed by atoms with Gasteiger partial charge in [0.05, 0.1) is 36.0 Å².